The maximum absolute atomic E-state index is 12.7. The van der Waals surface area contributed by atoms with Crippen LogP contribution in [-0.4, -0.2) is 47.9 Å². The third-order valence-electron chi connectivity index (χ3n) is 5.44. The van der Waals surface area contributed by atoms with Gasteiger partial charge in [0.1, 0.15) is 0 Å². The maximum Gasteiger partial charge on any atom is 0.416 e. The molecule has 0 aromatic heterocycles. The van der Waals surface area contributed by atoms with Gasteiger partial charge < -0.3 is 4.90 Å². The quantitative estimate of drug-likeness (QED) is 0.822. The smallest absolute Gasteiger partial charge is 0.341 e. The van der Waals surface area contributed by atoms with Crippen molar-refractivity contribution < 1.29 is 18.0 Å². The number of amides is 1. The largest absolute Gasteiger partial charge is 0.416 e. The molecule has 1 aromatic carbocycles. The van der Waals surface area contributed by atoms with E-state index < -0.39 is 11.7 Å². The third-order valence-corrected chi connectivity index (χ3v) is 5.44. The number of rotatable bonds is 3. The molecule has 0 saturated carbocycles. The highest BCUT2D eigenvalue weighted by atomic mass is 19.4. The Morgan fingerprint density at radius 1 is 1.16 bits per heavy atom. The first-order valence-corrected chi connectivity index (χ1v) is 9.03. The topological polar surface area (TPSA) is 23.6 Å². The zero-order chi connectivity index (χ0) is 18.0. The van der Waals surface area contributed by atoms with Crippen molar-refractivity contribution in [2.45, 2.75) is 50.7 Å². The molecule has 0 N–H and O–H groups in total. The summed E-state index contributed by atoms with van der Waals surface area (Å²) in [5.74, 6) is 0.0267. The lowest BCUT2D eigenvalue weighted by atomic mass is 9.96. The molecule has 2 aliphatic heterocycles. The van der Waals surface area contributed by atoms with E-state index in [-0.39, 0.29) is 11.8 Å². The first kappa shape index (κ1) is 18.2. The van der Waals surface area contributed by atoms with Gasteiger partial charge in [-0.25, -0.2) is 0 Å². The van der Waals surface area contributed by atoms with E-state index in [2.05, 4.69) is 4.90 Å². The molecule has 2 atom stereocenters. The van der Waals surface area contributed by atoms with Crippen molar-refractivity contribution in [2.75, 3.05) is 26.2 Å². The summed E-state index contributed by atoms with van der Waals surface area (Å²) < 4.78 is 38.0. The Morgan fingerprint density at radius 3 is 2.52 bits per heavy atom. The first-order valence-electron chi connectivity index (χ1n) is 9.03. The summed E-state index contributed by atoms with van der Waals surface area (Å²) in [4.78, 5) is 17.1. The van der Waals surface area contributed by atoms with Gasteiger partial charge in [-0.05, 0) is 49.4 Å². The molecular formula is C19H25F3N2O. The van der Waals surface area contributed by atoms with Crippen LogP contribution in [-0.2, 0) is 11.0 Å². The number of nitrogens with zero attached hydrogens (tertiary/aromatic N) is 2. The third kappa shape index (κ3) is 4.35. The number of carbonyl (C=O) groups is 1. The molecule has 138 valence electrons. The van der Waals surface area contributed by atoms with Gasteiger partial charge in [0.2, 0.25) is 5.91 Å². The van der Waals surface area contributed by atoms with Crippen LogP contribution in [0.5, 0.6) is 0 Å². The summed E-state index contributed by atoms with van der Waals surface area (Å²) in [7, 11) is 0. The number of hydrogen-bond acceptors (Lipinski definition) is 2. The van der Waals surface area contributed by atoms with Gasteiger partial charge in [0.25, 0.3) is 0 Å². The van der Waals surface area contributed by atoms with Crippen molar-refractivity contribution in [3.8, 4) is 0 Å². The second-order valence-corrected chi connectivity index (χ2v) is 7.25. The summed E-state index contributed by atoms with van der Waals surface area (Å²) in [5, 5.41) is 0. The van der Waals surface area contributed by atoms with Crippen LogP contribution in [0.1, 0.15) is 49.7 Å². The number of hydrogen-bond donors (Lipinski definition) is 0. The van der Waals surface area contributed by atoms with Gasteiger partial charge in [0.15, 0.2) is 0 Å². The normalized spacial score (nSPS) is 23.2. The van der Waals surface area contributed by atoms with Gasteiger partial charge in [-0.15, -0.1) is 0 Å². The molecule has 3 nitrogen and oxygen atoms in total. The molecule has 0 spiro atoms. The van der Waals surface area contributed by atoms with E-state index in [4.69, 9.17) is 0 Å². The number of halogens is 3. The molecule has 25 heavy (non-hydrogen) atoms. The van der Waals surface area contributed by atoms with Gasteiger partial charge in [-0.2, -0.15) is 13.2 Å². The van der Waals surface area contributed by atoms with Crippen LogP contribution in [0.15, 0.2) is 24.3 Å². The molecule has 2 saturated heterocycles. The van der Waals surface area contributed by atoms with Crippen LogP contribution in [0.25, 0.3) is 0 Å². The minimum Gasteiger partial charge on any atom is -0.341 e. The van der Waals surface area contributed by atoms with Crippen LogP contribution < -0.4 is 0 Å². The van der Waals surface area contributed by atoms with Crippen molar-refractivity contribution in [3.63, 3.8) is 0 Å². The molecular weight excluding hydrogens is 329 g/mol. The van der Waals surface area contributed by atoms with Crippen LogP contribution >= 0.6 is 0 Å². The van der Waals surface area contributed by atoms with Gasteiger partial charge in [-0.3, -0.25) is 9.69 Å². The molecule has 2 fully saturated rings. The highest BCUT2D eigenvalue weighted by Gasteiger charge is 2.32. The van der Waals surface area contributed by atoms with E-state index in [1.54, 1.807) is 0 Å². The van der Waals surface area contributed by atoms with Crippen molar-refractivity contribution in [3.05, 3.63) is 35.4 Å². The van der Waals surface area contributed by atoms with Gasteiger partial charge in [0, 0.05) is 32.1 Å². The lowest BCUT2D eigenvalue weighted by Gasteiger charge is -2.26. The Hall–Kier alpha value is -1.56. The minimum atomic E-state index is -4.32. The zero-order valence-electron chi connectivity index (χ0n) is 14.6. The van der Waals surface area contributed by atoms with E-state index in [1.807, 2.05) is 11.8 Å². The van der Waals surface area contributed by atoms with E-state index in [0.717, 1.165) is 56.7 Å². The second-order valence-electron chi connectivity index (χ2n) is 7.25. The molecule has 0 aliphatic carbocycles. The van der Waals surface area contributed by atoms with E-state index >= 15 is 0 Å². The Kier molecular flexibility index (Phi) is 5.37. The number of benzene rings is 1. The predicted octanol–water partition coefficient (Wildman–Crippen LogP) is 3.90. The van der Waals surface area contributed by atoms with E-state index in [9.17, 15) is 18.0 Å². The molecule has 2 heterocycles. The second kappa shape index (κ2) is 7.36. The summed E-state index contributed by atoms with van der Waals surface area (Å²) >= 11 is 0. The lowest BCUT2D eigenvalue weighted by molar-refractivity contribution is -0.137. The zero-order valence-corrected chi connectivity index (χ0v) is 14.6. The highest BCUT2D eigenvalue weighted by Crippen LogP contribution is 2.31. The number of fused-ring (bicyclic) bond motifs is 1. The van der Waals surface area contributed by atoms with Crippen LogP contribution in [0, 0.1) is 0 Å². The highest BCUT2D eigenvalue weighted by molar-refractivity contribution is 5.77. The maximum atomic E-state index is 12.7. The van der Waals surface area contributed by atoms with Gasteiger partial charge in [0.05, 0.1) is 5.56 Å². The van der Waals surface area contributed by atoms with E-state index in [1.165, 1.54) is 18.6 Å². The SMILES string of the molecule is C[C@@H](CC(=O)N1CCCN2CCC[C@@H]2C1)c1ccc(C(F)(F)F)cc1. The van der Waals surface area contributed by atoms with Gasteiger partial charge in [-0.1, -0.05) is 19.1 Å². The van der Waals surface area contributed by atoms with E-state index in [0.29, 0.717) is 12.5 Å². The van der Waals surface area contributed by atoms with Crippen molar-refractivity contribution in [1.29, 1.82) is 0 Å². The molecule has 6 heteroatoms. The molecule has 3 rings (SSSR count). The van der Waals surface area contributed by atoms with Crippen molar-refractivity contribution in [2.24, 2.45) is 0 Å². The Morgan fingerprint density at radius 2 is 1.84 bits per heavy atom. The fourth-order valence-corrected chi connectivity index (χ4v) is 3.94. The average molecular weight is 354 g/mol. The summed E-state index contributed by atoms with van der Waals surface area (Å²) in [6, 6.07) is 5.65. The van der Waals surface area contributed by atoms with Gasteiger partial charge >= 0.3 is 6.18 Å². The van der Waals surface area contributed by atoms with Crippen LogP contribution in [0.2, 0.25) is 0 Å². The lowest BCUT2D eigenvalue weighted by Crippen LogP contribution is -2.40. The predicted molar refractivity (Wildman–Crippen MR) is 90.3 cm³/mol. The minimum absolute atomic E-state index is 0.0854. The number of carbonyl (C=O) groups excluding carboxylic acids is 1. The fourth-order valence-electron chi connectivity index (χ4n) is 3.94. The molecule has 1 amide bonds. The molecule has 0 radical (unpaired) electrons. The van der Waals surface area contributed by atoms with Crippen LogP contribution in [0.4, 0.5) is 13.2 Å². The monoisotopic (exact) mass is 354 g/mol. The number of alkyl halides is 3. The standard InChI is InChI=1S/C19H25F3N2O/c1-14(15-5-7-16(8-6-15)19(20,21)22)12-18(25)24-11-3-10-23-9-2-4-17(23)13-24/h5-8,14,17H,2-4,9-13H2,1H3/t14-,17+/m0/s1. The summed E-state index contributed by atoms with van der Waals surface area (Å²) in [5.41, 5.74) is 0.127. The molecule has 1 aromatic rings. The Balaban J connectivity index is 1.60. The van der Waals surface area contributed by atoms with Crippen molar-refractivity contribution >= 4 is 5.91 Å². The van der Waals surface area contributed by atoms with Crippen LogP contribution in [0.3, 0.4) is 0 Å². The first-order chi connectivity index (χ1) is 11.8. The van der Waals surface area contributed by atoms with Crippen molar-refractivity contribution in [1.82, 2.24) is 9.80 Å². The molecule has 0 bridgehead atoms. The Bertz CT molecular complexity index is 600. The fraction of sp³-hybridized carbons (Fsp3) is 0.632. The molecule has 0 unspecified atom stereocenters. The summed E-state index contributed by atoms with van der Waals surface area (Å²) in [6.45, 7) is 5.67. The molecule has 2 aliphatic rings. The summed E-state index contributed by atoms with van der Waals surface area (Å²) in [6.07, 6.45) is -0.626. The Labute approximate surface area is 146 Å². The average Bonchev–Trinajstić information content (AvgIpc) is 2.90.